The molecule has 4 nitrogen and oxygen atoms in total. The summed E-state index contributed by atoms with van der Waals surface area (Å²) < 4.78 is 38.9. The molecule has 0 aliphatic heterocycles. The van der Waals surface area contributed by atoms with Crippen molar-refractivity contribution in [2.24, 2.45) is 0 Å². The Kier molecular flexibility index (Phi) is 4.56. The minimum atomic E-state index is -4.43. The highest BCUT2D eigenvalue weighted by Crippen LogP contribution is 2.35. The third-order valence-corrected chi connectivity index (χ3v) is 3.19. The van der Waals surface area contributed by atoms with Crippen LogP contribution in [0, 0.1) is 0 Å². The van der Waals surface area contributed by atoms with E-state index in [0.29, 0.717) is 16.8 Å². The Morgan fingerprint density at radius 1 is 1.10 bits per heavy atom. The van der Waals surface area contributed by atoms with Crippen LogP contribution in [-0.4, -0.2) is 23.3 Å². The zero-order valence-corrected chi connectivity index (χ0v) is 12.1. The van der Waals surface area contributed by atoms with Crippen molar-refractivity contribution in [2.45, 2.75) is 11.3 Å². The molecule has 0 fully saturated rings. The van der Waals surface area contributed by atoms with E-state index in [0.717, 1.165) is 6.07 Å². The van der Waals surface area contributed by atoms with E-state index in [1.54, 1.807) is 19.4 Å². The van der Waals surface area contributed by atoms with Gasteiger partial charge in [-0.25, -0.2) is 9.97 Å². The first-order valence-corrected chi connectivity index (χ1v) is 7.20. The molecule has 0 saturated carbocycles. The van der Waals surface area contributed by atoms with E-state index in [1.807, 2.05) is 0 Å². The van der Waals surface area contributed by atoms with Crippen LogP contribution in [0.1, 0.15) is 5.56 Å². The van der Waals surface area contributed by atoms with E-state index < -0.39 is 11.7 Å². The van der Waals surface area contributed by atoms with Crippen molar-refractivity contribution in [1.29, 1.82) is 0 Å². The molecule has 2 N–H and O–H groups in total. The fraction of sp³-hybridized carbons (Fsp3) is 0.231. The zero-order valence-electron chi connectivity index (χ0n) is 11.3. The Labute approximate surface area is 124 Å². The van der Waals surface area contributed by atoms with Gasteiger partial charge in [-0.15, -0.1) is 0 Å². The van der Waals surface area contributed by atoms with Crippen molar-refractivity contribution >= 4 is 29.1 Å². The molecule has 0 spiro atoms. The lowest BCUT2D eigenvalue weighted by Crippen LogP contribution is -2.09. The number of nitrogens with zero attached hydrogens (tertiary/aromatic N) is 2. The predicted octanol–water partition coefficient (Wildman–Crippen LogP) is 4.00. The molecule has 0 unspecified atom stereocenters. The fourth-order valence-electron chi connectivity index (χ4n) is 1.69. The van der Waals surface area contributed by atoms with Crippen LogP contribution in [0.3, 0.4) is 0 Å². The summed E-state index contributed by atoms with van der Waals surface area (Å²) in [7, 11) is 1.68. The second-order valence-electron chi connectivity index (χ2n) is 4.04. The van der Waals surface area contributed by atoms with Crippen LogP contribution in [0.25, 0.3) is 0 Å². The van der Waals surface area contributed by atoms with Crippen LogP contribution in [0.5, 0.6) is 0 Å². The van der Waals surface area contributed by atoms with Gasteiger partial charge in [0.25, 0.3) is 0 Å². The number of alkyl halides is 3. The number of anilines is 3. The summed E-state index contributed by atoms with van der Waals surface area (Å²) in [4.78, 5) is 8.31. The Balaban J connectivity index is 2.39. The number of rotatable bonds is 4. The van der Waals surface area contributed by atoms with E-state index in [4.69, 9.17) is 0 Å². The first kappa shape index (κ1) is 15.4. The summed E-state index contributed by atoms with van der Waals surface area (Å²) in [5.74, 6) is 0.830. The van der Waals surface area contributed by atoms with E-state index in [9.17, 15) is 13.2 Å². The number of nitrogens with one attached hydrogen (secondary N) is 2. The molecule has 0 aliphatic carbocycles. The molecular weight excluding hydrogens is 301 g/mol. The maximum Gasteiger partial charge on any atom is 0.418 e. The molecule has 8 heteroatoms. The predicted molar refractivity (Wildman–Crippen MR) is 78.1 cm³/mol. The van der Waals surface area contributed by atoms with Gasteiger partial charge in [0.15, 0.2) is 5.16 Å². The smallest absolute Gasteiger partial charge is 0.373 e. The summed E-state index contributed by atoms with van der Waals surface area (Å²) in [6.45, 7) is 0. The number of aromatic nitrogens is 2. The quantitative estimate of drug-likeness (QED) is 0.660. The molecule has 0 atom stereocenters. The molecule has 0 radical (unpaired) electrons. The number of benzene rings is 1. The van der Waals surface area contributed by atoms with E-state index >= 15 is 0 Å². The maximum absolute atomic E-state index is 13.0. The van der Waals surface area contributed by atoms with Gasteiger partial charge < -0.3 is 10.6 Å². The highest BCUT2D eigenvalue weighted by atomic mass is 32.2. The lowest BCUT2D eigenvalue weighted by atomic mass is 10.1. The summed E-state index contributed by atoms with van der Waals surface area (Å²) >= 11 is 1.31. The lowest BCUT2D eigenvalue weighted by molar-refractivity contribution is -0.136. The van der Waals surface area contributed by atoms with Crippen LogP contribution in [0.15, 0.2) is 35.5 Å². The SMILES string of the molecule is CNc1cc(Nc2ccccc2C(F)(F)F)nc(SC)n1. The van der Waals surface area contributed by atoms with Gasteiger partial charge in [-0.05, 0) is 18.4 Å². The molecule has 0 aliphatic rings. The van der Waals surface area contributed by atoms with Crippen LogP contribution in [0.4, 0.5) is 30.5 Å². The van der Waals surface area contributed by atoms with Crippen molar-refractivity contribution in [1.82, 2.24) is 9.97 Å². The van der Waals surface area contributed by atoms with Crippen LogP contribution in [0.2, 0.25) is 0 Å². The average Bonchev–Trinajstić information content (AvgIpc) is 2.46. The van der Waals surface area contributed by atoms with Crippen molar-refractivity contribution < 1.29 is 13.2 Å². The highest BCUT2D eigenvalue weighted by Gasteiger charge is 2.33. The van der Waals surface area contributed by atoms with E-state index in [1.165, 1.54) is 30.0 Å². The number of para-hydroxylation sites is 1. The lowest BCUT2D eigenvalue weighted by Gasteiger charge is -2.14. The van der Waals surface area contributed by atoms with Crippen molar-refractivity contribution in [3.8, 4) is 0 Å². The molecule has 0 saturated heterocycles. The first-order valence-electron chi connectivity index (χ1n) is 5.98. The topological polar surface area (TPSA) is 49.8 Å². The molecule has 2 aromatic rings. The number of thioether (sulfide) groups is 1. The van der Waals surface area contributed by atoms with Crippen molar-refractivity contribution in [3.05, 3.63) is 35.9 Å². The Bertz CT molecular complexity index is 609. The monoisotopic (exact) mass is 314 g/mol. The molecule has 112 valence electrons. The molecule has 1 aromatic heterocycles. The molecular formula is C13H13F3N4S. The van der Waals surface area contributed by atoms with Gasteiger partial charge in [-0.1, -0.05) is 23.9 Å². The number of halogens is 3. The standard InChI is InChI=1S/C13H13F3N4S/c1-17-10-7-11(20-12(19-10)21-2)18-9-6-4-3-5-8(9)13(14,15)16/h3-7H,1-2H3,(H2,17,18,19,20). The zero-order chi connectivity index (χ0) is 15.5. The van der Waals surface area contributed by atoms with Gasteiger partial charge in [-0.3, -0.25) is 0 Å². The molecule has 1 heterocycles. The third-order valence-electron chi connectivity index (χ3n) is 2.64. The van der Waals surface area contributed by atoms with Gasteiger partial charge >= 0.3 is 6.18 Å². The van der Waals surface area contributed by atoms with Crippen LogP contribution in [-0.2, 0) is 6.18 Å². The van der Waals surface area contributed by atoms with Gasteiger partial charge in [-0.2, -0.15) is 13.2 Å². The second kappa shape index (κ2) is 6.21. The van der Waals surface area contributed by atoms with Crippen molar-refractivity contribution in [3.63, 3.8) is 0 Å². The summed E-state index contributed by atoms with van der Waals surface area (Å²) in [5, 5.41) is 6.02. The normalized spacial score (nSPS) is 11.3. The van der Waals surface area contributed by atoms with Crippen LogP contribution >= 0.6 is 11.8 Å². The summed E-state index contributed by atoms with van der Waals surface area (Å²) in [6.07, 6.45) is -2.63. The minimum Gasteiger partial charge on any atom is -0.373 e. The number of hydrogen-bond donors (Lipinski definition) is 2. The average molecular weight is 314 g/mol. The first-order chi connectivity index (χ1) is 9.94. The van der Waals surface area contributed by atoms with Gasteiger partial charge in [0, 0.05) is 13.1 Å². The van der Waals surface area contributed by atoms with Crippen molar-refractivity contribution in [2.75, 3.05) is 23.9 Å². The van der Waals surface area contributed by atoms with Gasteiger partial charge in [0.2, 0.25) is 0 Å². The Hall–Kier alpha value is -1.96. The minimum absolute atomic E-state index is 0.0437. The maximum atomic E-state index is 13.0. The number of hydrogen-bond acceptors (Lipinski definition) is 5. The fourth-order valence-corrected chi connectivity index (χ4v) is 2.07. The summed E-state index contributed by atoms with van der Waals surface area (Å²) in [5.41, 5.74) is -0.780. The molecule has 21 heavy (non-hydrogen) atoms. The molecule has 0 bridgehead atoms. The summed E-state index contributed by atoms with van der Waals surface area (Å²) in [6, 6.07) is 6.82. The Morgan fingerprint density at radius 3 is 2.38 bits per heavy atom. The van der Waals surface area contributed by atoms with Gasteiger partial charge in [0.05, 0.1) is 11.3 Å². The van der Waals surface area contributed by atoms with E-state index in [2.05, 4.69) is 20.6 Å². The second-order valence-corrected chi connectivity index (χ2v) is 4.82. The third kappa shape index (κ3) is 3.78. The highest BCUT2D eigenvalue weighted by molar-refractivity contribution is 7.98. The van der Waals surface area contributed by atoms with Crippen LogP contribution < -0.4 is 10.6 Å². The molecule has 0 amide bonds. The molecule has 2 rings (SSSR count). The largest absolute Gasteiger partial charge is 0.418 e. The van der Waals surface area contributed by atoms with E-state index in [-0.39, 0.29) is 5.69 Å². The Morgan fingerprint density at radius 2 is 1.76 bits per heavy atom. The van der Waals surface area contributed by atoms with Gasteiger partial charge in [0.1, 0.15) is 11.6 Å². The molecule has 1 aromatic carbocycles.